The Bertz CT molecular complexity index is 1020. The van der Waals surface area contributed by atoms with E-state index in [0.29, 0.717) is 22.4 Å². The number of hydrogen-bond donors (Lipinski definition) is 1. The standard InChI is InChI=1S/C19H14N4O3/c1-22-18(25)15-8-5-13(11-16(15)19(22)26)21-17(24)12-3-6-14(7-4-12)23-10-2-9-20-23/h2-11H,1H3,(H,21,24). The first-order valence-corrected chi connectivity index (χ1v) is 7.92. The molecule has 3 aromatic rings. The molecular weight excluding hydrogens is 332 g/mol. The van der Waals surface area contributed by atoms with E-state index in [0.717, 1.165) is 10.6 Å². The van der Waals surface area contributed by atoms with Gasteiger partial charge in [-0.2, -0.15) is 5.10 Å². The number of carbonyl (C=O) groups is 3. The van der Waals surface area contributed by atoms with Gasteiger partial charge in [-0.3, -0.25) is 19.3 Å². The average Bonchev–Trinajstić information content (AvgIpc) is 3.27. The van der Waals surface area contributed by atoms with Crippen LogP contribution in [0.3, 0.4) is 0 Å². The van der Waals surface area contributed by atoms with Crippen molar-refractivity contribution < 1.29 is 14.4 Å². The quantitative estimate of drug-likeness (QED) is 0.738. The zero-order chi connectivity index (χ0) is 18.3. The van der Waals surface area contributed by atoms with Gasteiger partial charge >= 0.3 is 0 Å². The van der Waals surface area contributed by atoms with E-state index in [4.69, 9.17) is 0 Å². The largest absolute Gasteiger partial charge is 0.322 e. The van der Waals surface area contributed by atoms with Crippen LogP contribution in [0.25, 0.3) is 5.69 Å². The Labute approximate surface area is 148 Å². The third-order valence-electron chi connectivity index (χ3n) is 4.25. The Hall–Kier alpha value is -3.74. The van der Waals surface area contributed by atoms with Crippen molar-refractivity contribution >= 4 is 23.4 Å². The van der Waals surface area contributed by atoms with Crippen molar-refractivity contribution in [3.05, 3.63) is 77.6 Å². The highest BCUT2D eigenvalue weighted by Crippen LogP contribution is 2.25. The van der Waals surface area contributed by atoms with Gasteiger partial charge in [-0.1, -0.05) is 0 Å². The third-order valence-corrected chi connectivity index (χ3v) is 4.25. The van der Waals surface area contributed by atoms with Crippen LogP contribution in [0.5, 0.6) is 0 Å². The molecule has 1 aliphatic rings. The molecular formula is C19H14N4O3. The molecule has 0 unspecified atom stereocenters. The van der Waals surface area contributed by atoms with Gasteiger partial charge in [0.2, 0.25) is 0 Å². The van der Waals surface area contributed by atoms with Gasteiger partial charge in [-0.25, -0.2) is 4.68 Å². The van der Waals surface area contributed by atoms with Gasteiger partial charge in [0.05, 0.1) is 16.8 Å². The lowest BCUT2D eigenvalue weighted by Gasteiger charge is -2.07. The second-order valence-corrected chi connectivity index (χ2v) is 5.88. The smallest absolute Gasteiger partial charge is 0.261 e. The van der Waals surface area contributed by atoms with Crippen LogP contribution in [0.2, 0.25) is 0 Å². The van der Waals surface area contributed by atoms with E-state index in [1.165, 1.54) is 13.1 Å². The number of imide groups is 1. The highest BCUT2D eigenvalue weighted by molar-refractivity contribution is 6.21. The second kappa shape index (κ2) is 5.96. The predicted molar refractivity (Wildman–Crippen MR) is 94.4 cm³/mol. The summed E-state index contributed by atoms with van der Waals surface area (Å²) in [6.45, 7) is 0. The predicted octanol–water partition coefficient (Wildman–Crippen LogP) is 2.35. The highest BCUT2D eigenvalue weighted by Gasteiger charge is 2.32. The van der Waals surface area contributed by atoms with Crippen LogP contribution in [0.15, 0.2) is 60.9 Å². The lowest BCUT2D eigenvalue weighted by molar-refractivity contribution is 0.0692. The van der Waals surface area contributed by atoms with Crippen molar-refractivity contribution in [2.24, 2.45) is 0 Å². The Morgan fingerprint density at radius 1 is 1.00 bits per heavy atom. The molecule has 1 N–H and O–H groups in total. The number of aromatic nitrogens is 2. The molecule has 0 bridgehead atoms. The van der Waals surface area contributed by atoms with E-state index in [1.807, 2.05) is 12.3 Å². The van der Waals surface area contributed by atoms with Crippen LogP contribution >= 0.6 is 0 Å². The van der Waals surface area contributed by atoms with E-state index < -0.39 is 0 Å². The van der Waals surface area contributed by atoms with Crippen LogP contribution in [0, 0.1) is 0 Å². The molecule has 0 atom stereocenters. The molecule has 0 saturated heterocycles. The van der Waals surface area contributed by atoms with Gasteiger partial charge in [0, 0.05) is 30.7 Å². The minimum Gasteiger partial charge on any atom is -0.322 e. The van der Waals surface area contributed by atoms with Gasteiger partial charge < -0.3 is 5.32 Å². The molecule has 7 heteroatoms. The van der Waals surface area contributed by atoms with E-state index in [-0.39, 0.29) is 17.7 Å². The summed E-state index contributed by atoms with van der Waals surface area (Å²) in [5.74, 6) is -1.01. The lowest BCUT2D eigenvalue weighted by Crippen LogP contribution is -2.24. The first kappa shape index (κ1) is 15.8. The second-order valence-electron chi connectivity index (χ2n) is 5.88. The third kappa shape index (κ3) is 2.55. The first-order valence-electron chi connectivity index (χ1n) is 7.92. The summed E-state index contributed by atoms with van der Waals surface area (Å²) in [7, 11) is 1.43. The van der Waals surface area contributed by atoms with Crippen molar-refractivity contribution in [1.29, 1.82) is 0 Å². The maximum Gasteiger partial charge on any atom is 0.261 e. The van der Waals surface area contributed by atoms with Crippen LogP contribution in [0.1, 0.15) is 31.1 Å². The minimum atomic E-state index is -0.371. The first-order chi connectivity index (χ1) is 12.5. The molecule has 0 radical (unpaired) electrons. The highest BCUT2D eigenvalue weighted by atomic mass is 16.2. The SMILES string of the molecule is CN1C(=O)c2ccc(NC(=O)c3ccc(-n4cccn4)cc3)cc2C1=O. The molecule has 1 aromatic heterocycles. The van der Waals surface area contributed by atoms with Crippen LogP contribution < -0.4 is 5.32 Å². The summed E-state index contributed by atoms with van der Waals surface area (Å²) in [6.07, 6.45) is 3.49. The van der Waals surface area contributed by atoms with Crippen molar-refractivity contribution in [1.82, 2.24) is 14.7 Å². The number of nitrogens with one attached hydrogen (secondary N) is 1. The van der Waals surface area contributed by atoms with E-state index in [9.17, 15) is 14.4 Å². The van der Waals surface area contributed by atoms with Crippen molar-refractivity contribution in [3.8, 4) is 5.69 Å². The van der Waals surface area contributed by atoms with Gasteiger partial charge in [0.25, 0.3) is 17.7 Å². The number of carbonyl (C=O) groups excluding carboxylic acids is 3. The topological polar surface area (TPSA) is 84.3 Å². The minimum absolute atomic E-state index is 0.296. The molecule has 128 valence electrons. The summed E-state index contributed by atoms with van der Waals surface area (Å²) < 4.78 is 1.70. The Kier molecular flexibility index (Phi) is 3.62. The van der Waals surface area contributed by atoms with Gasteiger partial charge in [0.15, 0.2) is 0 Å². The van der Waals surface area contributed by atoms with Crippen LogP contribution in [-0.4, -0.2) is 39.4 Å². The number of anilines is 1. The van der Waals surface area contributed by atoms with Crippen LogP contribution in [0.4, 0.5) is 5.69 Å². The van der Waals surface area contributed by atoms with E-state index in [2.05, 4.69) is 10.4 Å². The monoisotopic (exact) mass is 346 g/mol. The maximum atomic E-state index is 12.4. The Balaban J connectivity index is 1.54. The molecule has 0 fully saturated rings. The van der Waals surface area contributed by atoms with E-state index >= 15 is 0 Å². The zero-order valence-corrected chi connectivity index (χ0v) is 13.8. The summed E-state index contributed by atoms with van der Waals surface area (Å²) in [4.78, 5) is 37.4. The molecule has 7 nitrogen and oxygen atoms in total. The number of amides is 3. The normalized spacial score (nSPS) is 13.0. The van der Waals surface area contributed by atoms with Gasteiger partial charge in [0.1, 0.15) is 0 Å². The van der Waals surface area contributed by atoms with Crippen molar-refractivity contribution in [3.63, 3.8) is 0 Å². The van der Waals surface area contributed by atoms with Crippen LogP contribution in [-0.2, 0) is 0 Å². The summed E-state index contributed by atoms with van der Waals surface area (Å²) in [6, 6.07) is 13.5. The molecule has 2 heterocycles. The summed E-state index contributed by atoms with van der Waals surface area (Å²) >= 11 is 0. The summed E-state index contributed by atoms with van der Waals surface area (Å²) in [5.41, 5.74) is 2.42. The number of benzene rings is 2. The fraction of sp³-hybridized carbons (Fsp3) is 0.0526. The zero-order valence-electron chi connectivity index (χ0n) is 13.8. The number of nitrogens with zero attached hydrogens (tertiary/aromatic N) is 3. The maximum absolute atomic E-state index is 12.4. The van der Waals surface area contributed by atoms with Gasteiger partial charge in [-0.05, 0) is 48.5 Å². The van der Waals surface area contributed by atoms with Crippen molar-refractivity contribution in [2.75, 3.05) is 12.4 Å². The lowest BCUT2D eigenvalue weighted by atomic mass is 10.1. The summed E-state index contributed by atoms with van der Waals surface area (Å²) in [5, 5.41) is 6.88. The fourth-order valence-electron chi connectivity index (χ4n) is 2.83. The molecule has 1 aliphatic heterocycles. The number of hydrogen-bond acceptors (Lipinski definition) is 4. The number of fused-ring (bicyclic) bond motifs is 1. The number of rotatable bonds is 3. The molecule has 2 aromatic carbocycles. The Morgan fingerprint density at radius 2 is 1.73 bits per heavy atom. The van der Waals surface area contributed by atoms with E-state index in [1.54, 1.807) is 47.3 Å². The molecule has 4 rings (SSSR count). The van der Waals surface area contributed by atoms with Gasteiger partial charge in [-0.15, -0.1) is 0 Å². The average molecular weight is 346 g/mol. The molecule has 0 spiro atoms. The molecule has 0 aliphatic carbocycles. The molecule has 26 heavy (non-hydrogen) atoms. The van der Waals surface area contributed by atoms with Crippen molar-refractivity contribution in [2.45, 2.75) is 0 Å². The fourth-order valence-corrected chi connectivity index (χ4v) is 2.83. The molecule has 3 amide bonds. The Morgan fingerprint density at radius 3 is 2.42 bits per heavy atom. The molecule has 0 saturated carbocycles.